The number of nitrogens with zero attached hydrogens (tertiary/aromatic N) is 2. The summed E-state index contributed by atoms with van der Waals surface area (Å²) in [6.45, 7) is 6.34. The Balaban J connectivity index is 1.55. The summed E-state index contributed by atoms with van der Waals surface area (Å²) in [6.07, 6.45) is 4.16. The van der Waals surface area contributed by atoms with Gasteiger partial charge < -0.3 is 4.90 Å². The zero-order valence-corrected chi connectivity index (χ0v) is 13.1. The van der Waals surface area contributed by atoms with Crippen LogP contribution in [0.2, 0.25) is 0 Å². The van der Waals surface area contributed by atoms with Crippen LogP contribution < -0.4 is 0 Å². The standard InChI is InChI=1S/C17H26N2S/c20-14-16(15-6-2-1-3-7-15)12-18-11-8-17(13-18)19-9-4-5-10-19/h1-3,6-7,16-17,20H,4-5,8-14H2. The fourth-order valence-corrected chi connectivity index (χ4v) is 4.01. The van der Waals surface area contributed by atoms with E-state index in [4.69, 9.17) is 0 Å². The van der Waals surface area contributed by atoms with Crippen molar-refractivity contribution < 1.29 is 0 Å². The summed E-state index contributed by atoms with van der Waals surface area (Å²) in [5.74, 6) is 1.51. The van der Waals surface area contributed by atoms with E-state index in [9.17, 15) is 0 Å². The highest BCUT2D eigenvalue weighted by atomic mass is 32.1. The van der Waals surface area contributed by atoms with Gasteiger partial charge in [-0.3, -0.25) is 4.90 Å². The van der Waals surface area contributed by atoms with Crippen molar-refractivity contribution in [2.24, 2.45) is 0 Å². The van der Waals surface area contributed by atoms with Gasteiger partial charge in [0.25, 0.3) is 0 Å². The van der Waals surface area contributed by atoms with E-state index in [1.807, 2.05) is 0 Å². The van der Waals surface area contributed by atoms with Crippen molar-refractivity contribution >= 4 is 12.6 Å². The van der Waals surface area contributed by atoms with E-state index in [1.54, 1.807) is 0 Å². The molecule has 2 aliphatic rings. The minimum Gasteiger partial charge on any atom is -0.301 e. The zero-order valence-electron chi connectivity index (χ0n) is 12.2. The Morgan fingerprint density at radius 1 is 1.10 bits per heavy atom. The predicted molar refractivity (Wildman–Crippen MR) is 88.7 cm³/mol. The van der Waals surface area contributed by atoms with E-state index in [2.05, 4.69) is 52.8 Å². The number of hydrogen-bond acceptors (Lipinski definition) is 3. The van der Waals surface area contributed by atoms with Gasteiger partial charge in [-0.1, -0.05) is 30.3 Å². The number of rotatable bonds is 5. The van der Waals surface area contributed by atoms with Crippen LogP contribution in [0.1, 0.15) is 30.7 Å². The highest BCUT2D eigenvalue weighted by Gasteiger charge is 2.30. The summed E-state index contributed by atoms with van der Waals surface area (Å²) in [4.78, 5) is 5.36. The van der Waals surface area contributed by atoms with Gasteiger partial charge in [-0.05, 0) is 50.2 Å². The lowest BCUT2D eigenvalue weighted by Gasteiger charge is -2.26. The first-order chi connectivity index (χ1) is 9.86. The van der Waals surface area contributed by atoms with Crippen LogP contribution in [0.5, 0.6) is 0 Å². The van der Waals surface area contributed by atoms with E-state index in [1.165, 1.54) is 51.0 Å². The van der Waals surface area contributed by atoms with Gasteiger partial charge in [-0.15, -0.1) is 0 Å². The molecule has 0 radical (unpaired) electrons. The number of likely N-dealkylation sites (tertiary alicyclic amines) is 2. The van der Waals surface area contributed by atoms with E-state index in [0.717, 1.165) is 18.3 Å². The normalized spacial score (nSPS) is 26.1. The molecule has 20 heavy (non-hydrogen) atoms. The molecule has 3 rings (SSSR count). The fourth-order valence-electron chi connectivity index (χ4n) is 3.69. The van der Waals surface area contributed by atoms with Gasteiger partial charge in [-0.2, -0.15) is 12.6 Å². The number of hydrogen-bond donors (Lipinski definition) is 1. The summed E-state index contributed by atoms with van der Waals surface area (Å²) in [5, 5.41) is 0. The molecule has 2 fully saturated rings. The Kier molecular flexibility index (Phi) is 5.03. The molecule has 2 nitrogen and oxygen atoms in total. The average Bonchev–Trinajstić information content (AvgIpc) is 3.16. The van der Waals surface area contributed by atoms with Crippen LogP contribution in [0.4, 0.5) is 0 Å². The molecule has 0 saturated carbocycles. The molecule has 0 aliphatic carbocycles. The lowest BCUT2D eigenvalue weighted by molar-refractivity contribution is 0.229. The Morgan fingerprint density at radius 3 is 2.55 bits per heavy atom. The zero-order chi connectivity index (χ0) is 13.8. The second-order valence-corrected chi connectivity index (χ2v) is 6.60. The monoisotopic (exact) mass is 290 g/mol. The molecule has 2 atom stereocenters. The van der Waals surface area contributed by atoms with Crippen molar-refractivity contribution in [3.8, 4) is 0 Å². The minimum absolute atomic E-state index is 0.567. The molecule has 2 aliphatic heterocycles. The maximum absolute atomic E-state index is 4.57. The molecule has 0 spiro atoms. The largest absolute Gasteiger partial charge is 0.301 e. The molecule has 0 bridgehead atoms. The van der Waals surface area contributed by atoms with Crippen molar-refractivity contribution in [2.45, 2.75) is 31.2 Å². The Hall–Kier alpha value is -0.510. The summed E-state index contributed by atoms with van der Waals surface area (Å²) < 4.78 is 0. The highest BCUT2D eigenvalue weighted by molar-refractivity contribution is 7.80. The molecule has 1 aromatic carbocycles. The van der Waals surface area contributed by atoms with E-state index in [-0.39, 0.29) is 0 Å². The predicted octanol–water partition coefficient (Wildman–Crippen LogP) is 2.87. The Labute approximate surface area is 128 Å². The van der Waals surface area contributed by atoms with Gasteiger partial charge >= 0.3 is 0 Å². The minimum atomic E-state index is 0.567. The molecule has 3 heteroatoms. The van der Waals surface area contributed by atoms with Crippen molar-refractivity contribution in [1.29, 1.82) is 0 Å². The average molecular weight is 290 g/mol. The van der Waals surface area contributed by atoms with Crippen LogP contribution >= 0.6 is 12.6 Å². The van der Waals surface area contributed by atoms with Gasteiger partial charge in [-0.25, -0.2) is 0 Å². The van der Waals surface area contributed by atoms with E-state index in [0.29, 0.717) is 5.92 Å². The molecule has 0 N–H and O–H groups in total. The van der Waals surface area contributed by atoms with Crippen LogP contribution in [0.25, 0.3) is 0 Å². The molecule has 2 unspecified atom stereocenters. The van der Waals surface area contributed by atoms with Crippen LogP contribution in [0.3, 0.4) is 0 Å². The molecule has 0 aromatic heterocycles. The first-order valence-corrected chi connectivity index (χ1v) is 8.62. The van der Waals surface area contributed by atoms with Crippen molar-refractivity contribution in [2.75, 3.05) is 38.5 Å². The van der Waals surface area contributed by atoms with Crippen molar-refractivity contribution in [3.05, 3.63) is 35.9 Å². The third-order valence-electron chi connectivity index (χ3n) is 4.87. The molecule has 110 valence electrons. The molecular weight excluding hydrogens is 264 g/mol. The van der Waals surface area contributed by atoms with E-state index >= 15 is 0 Å². The molecule has 0 amide bonds. The molecular formula is C17H26N2S. The van der Waals surface area contributed by atoms with E-state index < -0.39 is 0 Å². The van der Waals surface area contributed by atoms with Gasteiger partial charge in [0, 0.05) is 25.0 Å². The highest BCUT2D eigenvalue weighted by Crippen LogP contribution is 2.24. The van der Waals surface area contributed by atoms with Crippen LogP contribution in [0, 0.1) is 0 Å². The smallest absolute Gasteiger partial charge is 0.0235 e. The summed E-state index contributed by atoms with van der Waals surface area (Å²) in [7, 11) is 0. The van der Waals surface area contributed by atoms with Gasteiger partial charge in [0.1, 0.15) is 0 Å². The molecule has 1 aromatic rings. The first kappa shape index (κ1) is 14.4. The lowest BCUT2D eigenvalue weighted by Crippen LogP contribution is -2.36. The second-order valence-electron chi connectivity index (χ2n) is 6.24. The van der Waals surface area contributed by atoms with Crippen LogP contribution in [-0.4, -0.2) is 54.3 Å². The third-order valence-corrected chi connectivity index (χ3v) is 5.32. The maximum Gasteiger partial charge on any atom is 0.0235 e. The Bertz CT molecular complexity index is 403. The lowest BCUT2D eigenvalue weighted by atomic mass is 10.0. The maximum atomic E-state index is 4.57. The van der Waals surface area contributed by atoms with Crippen molar-refractivity contribution in [1.82, 2.24) is 9.80 Å². The first-order valence-electron chi connectivity index (χ1n) is 7.99. The molecule has 2 heterocycles. The number of benzene rings is 1. The second kappa shape index (κ2) is 6.97. The Morgan fingerprint density at radius 2 is 1.85 bits per heavy atom. The number of thiol groups is 1. The van der Waals surface area contributed by atoms with Crippen LogP contribution in [0.15, 0.2) is 30.3 Å². The van der Waals surface area contributed by atoms with Crippen LogP contribution in [-0.2, 0) is 0 Å². The van der Waals surface area contributed by atoms with Crippen molar-refractivity contribution in [3.63, 3.8) is 0 Å². The SMILES string of the molecule is SCC(CN1CCC(N2CCCC2)C1)c1ccccc1. The molecule has 2 saturated heterocycles. The topological polar surface area (TPSA) is 6.48 Å². The summed E-state index contributed by atoms with van der Waals surface area (Å²) in [6, 6.07) is 11.7. The van der Waals surface area contributed by atoms with Gasteiger partial charge in [0.15, 0.2) is 0 Å². The van der Waals surface area contributed by atoms with Gasteiger partial charge in [0.2, 0.25) is 0 Å². The third kappa shape index (κ3) is 3.38. The summed E-state index contributed by atoms with van der Waals surface area (Å²) >= 11 is 4.57. The fraction of sp³-hybridized carbons (Fsp3) is 0.647. The summed E-state index contributed by atoms with van der Waals surface area (Å²) in [5.41, 5.74) is 1.44. The quantitative estimate of drug-likeness (QED) is 0.833. The van der Waals surface area contributed by atoms with Gasteiger partial charge in [0.05, 0.1) is 0 Å².